The quantitative estimate of drug-likeness (QED) is 0.597. The standard InChI is InChI=1S/C14H17BrN2O3S/c1-11-4-5-13(12-3-2-7-16-14(11)12)21(18,19)17-8-10-20-9-6-15/h2-5,7,17H,6,8-10H2,1H3. The molecule has 2 rings (SSSR count). The average molecular weight is 373 g/mol. The minimum Gasteiger partial charge on any atom is -0.379 e. The number of aromatic nitrogens is 1. The number of aryl methyl sites for hydroxylation is 1. The molecule has 7 heteroatoms. The van der Waals surface area contributed by atoms with Gasteiger partial charge < -0.3 is 4.74 Å². The molecule has 1 heterocycles. The van der Waals surface area contributed by atoms with Crippen LogP contribution in [0.15, 0.2) is 35.4 Å². The molecule has 5 nitrogen and oxygen atoms in total. The lowest BCUT2D eigenvalue weighted by atomic mass is 10.1. The van der Waals surface area contributed by atoms with Crippen LogP contribution in [0.5, 0.6) is 0 Å². The van der Waals surface area contributed by atoms with Crippen molar-refractivity contribution in [3.05, 3.63) is 36.0 Å². The van der Waals surface area contributed by atoms with Gasteiger partial charge in [0.1, 0.15) is 0 Å². The molecule has 1 aromatic heterocycles. The summed E-state index contributed by atoms with van der Waals surface area (Å²) in [6.45, 7) is 3.05. The Morgan fingerprint density at radius 2 is 2.10 bits per heavy atom. The fraction of sp³-hybridized carbons (Fsp3) is 0.357. The summed E-state index contributed by atoms with van der Waals surface area (Å²) in [6, 6.07) is 6.89. The van der Waals surface area contributed by atoms with Gasteiger partial charge in [0.25, 0.3) is 0 Å². The van der Waals surface area contributed by atoms with Crippen LogP contribution in [0.1, 0.15) is 5.56 Å². The van der Waals surface area contributed by atoms with Crippen molar-refractivity contribution >= 4 is 36.9 Å². The van der Waals surface area contributed by atoms with Crippen molar-refractivity contribution in [2.75, 3.05) is 25.1 Å². The molecule has 0 aliphatic carbocycles. The predicted octanol–water partition coefficient (Wildman–Crippen LogP) is 2.23. The molecule has 0 radical (unpaired) electrons. The molecule has 0 unspecified atom stereocenters. The number of hydrogen-bond acceptors (Lipinski definition) is 4. The lowest BCUT2D eigenvalue weighted by Crippen LogP contribution is -2.28. The van der Waals surface area contributed by atoms with Gasteiger partial charge in [-0.05, 0) is 30.7 Å². The van der Waals surface area contributed by atoms with Crippen molar-refractivity contribution in [2.45, 2.75) is 11.8 Å². The van der Waals surface area contributed by atoms with Crippen LogP contribution >= 0.6 is 15.9 Å². The van der Waals surface area contributed by atoms with E-state index in [0.717, 1.165) is 10.9 Å². The van der Waals surface area contributed by atoms with E-state index in [0.29, 0.717) is 24.1 Å². The second kappa shape index (κ2) is 7.31. The lowest BCUT2D eigenvalue weighted by molar-refractivity contribution is 0.156. The van der Waals surface area contributed by atoms with Gasteiger partial charge in [-0.25, -0.2) is 13.1 Å². The number of rotatable bonds is 7. The zero-order valence-electron chi connectivity index (χ0n) is 11.7. The number of nitrogens with one attached hydrogen (secondary N) is 1. The number of pyridine rings is 1. The van der Waals surface area contributed by atoms with Crippen molar-refractivity contribution in [2.24, 2.45) is 0 Å². The molecular formula is C14H17BrN2O3S. The third-order valence-electron chi connectivity index (χ3n) is 2.98. The molecule has 0 bridgehead atoms. The monoisotopic (exact) mass is 372 g/mol. The first-order valence-corrected chi connectivity index (χ1v) is 9.14. The number of alkyl halides is 1. The smallest absolute Gasteiger partial charge is 0.241 e. The van der Waals surface area contributed by atoms with E-state index in [1.165, 1.54) is 0 Å². The topological polar surface area (TPSA) is 68.3 Å². The molecule has 0 amide bonds. The first kappa shape index (κ1) is 16.4. The van der Waals surface area contributed by atoms with Crippen LogP contribution in [0, 0.1) is 6.92 Å². The third-order valence-corrected chi connectivity index (χ3v) is 4.82. The van der Waals surface area contributed by atoms with E-state index in [-0.39, 0.29) is 11.4 Å². The number of nitrogens with zero attached hydrogens (tertiary/aromatic N) is 1. The van der Waals surface area contributed by atoms with Gasteiger partial charge in [-0.2, -0.15) is 0 Å². The van der Waals surface area contributed by atoms with E-state index in [1.807, 2.05) is 6.92 Å². The minimum absolute atomic E-state index is 0.241. The highest BCUT2D eigenvalue weighted by atomic mass is 79.9. The zero-order chi connectivity index (χ0) is 15.3. The Balaban J connectivity index is 2.23. The summed E-state index contributed by atoms with van der Waals surface area (Å²) >= 11 is 3.24. The summed E-state index contributed by atoms with van der Waals surface area (Å²) in [5, 5.41) is 1.36. The van der Waals surface area contributed by atoms with E-state index in [2.05, 4.69) is 25.6 Å². The molecule has 0 aliphatic heterocycles. The van der Waals surface area contributed by atoms with Crippen molar-refractivity contribution in [3.63, 3.8) is 0 Å². The van der Waals surface area contributed by atoms with Crippen molar-refractivity contribution in [3.8, 4) is 0 Å². The summed E-state index contributed by atoms with van der Waals surface area (Å²) in [6.07, 6.45) is 1.66. The summed E-state index contributed by atoms with van der Waals surface area (Å²) in [5.74, 6) is 0. The highest BCUT2D eigenvalue weighted by Gasteiger charge is 2.17. The number of ether oxygens (including phenoxy) is 1. The highest BCUT2D eigenvalue weighted by molar-refractivity contribution is 9.09. The average Bonchev–Trinajstić information content (AvgIpc) is 2.47. The van der Waals surface area contributed by atoms with Crippen LogP contribution in [-0.4, -0.2) is 38.5 Å². The molecule has 0 fully saturated rings. The van der Waals surface area contributed by atoms with Crippen LogP contribution < -0.4 is 4.72 Å². The van der Waals surface area contributed by atoms with Crippen LogP contribution in [0.3, 0.4) is 0 Å². The van der Waals surface area contributed by atoms with Crippen LogP contribution in [0.2, 0.25) is 0 Å². The number of halogens is 1. The van der Waals surface area contributed by atoms with Gasteiger partial charge in [0.05, 0.1) is 23.6 Å². The molecule has 1 N–H and O–H groups in total. The first-order valence-electron chi connectivity index (χ1n) is 6.54. The van der Waals surface area contributed by atoms with Gasteiger partial charge in [0.2, 0.25) is 10.0 Å². The summed E-state index contributed by atoms with van der Waals surface area (Å²) < 4.78 is 32.6. The second-order valence-electron chi connectivity index (χ2n) is 4.48. The molecule has 0 saturated carbocycles. The Morgan fingerprint density at radius 3 is 2.86 bits per heavy atom. The fourth-order valence-corrected chi connectivity index (χ4v) is 3.44. The molecule has 21 heavy (non-hydrogen) atoms. The maximum Gasteiger partial charge on any atom is 0.241 e. The maximum atomic E-state index is 12.4. The van der Waals surface area contributed by atoms with Crippen molar-refractivity contribution < 1.29 is 13.2 Å². The maximum absolute atomic E-state index is 12.4. The first-order chi connectivity index (χ1) is 10.1. The largest absolute Gasteiger partial charge is 0.379 e. The van der Waals surface area contributed by atoms with Gasteiger partial charge in [-0.15, -0.1) is 0 Å². The molecule has 114 valence electrons. The summed E-state index contributed by atoms with van der Waals surface area (Å²) in [4.78, 5) is 4.50. The normalized spacial score (nSPS) is 11.9. The molecule has 0 aliphatic rings. The Bertz CT molecular complexity index is 719. The van der Waals surface area contributed by atoms with Crippen molar-refractivity contribution in [1.82, 2.24) is 9.71 Å². The van der Waals surface area contributed by atoms with Gasteiger partial charge in [-0.1, -0.05) is 22.0 Å². The van der Waals surface area contributed by atoms with E-state index < -0.39 is 10.0 Å². The Kier molecular flexibility index (Phi) is 5.69. The minimum atomic E-state index is -3.57. The third kappa shape index (κ3) is 4.00. The Hall–Kier alpha value is -1.02. The highest BCUT2D eigenvalue weighted by Crippen LogP contribution is 2.23. The molecule has 0 atom stereocenters. The van der Waals surface area contributed by atoms with Gasteiger partial charge in [0, 0.05) is 23.5 Å². The zero-order valence-corrected chi connectivity index (χ0v) is 14.1. The van der Waals surface area contributed by atoms with Crippen LogP contribution in [-0.2, 0) is 14.8 Å². The van der Waals surface area contributed by atoms with Gasteiger partial charge in [0.15, 0.2) is 0 Å². The lowest BCUT2D eigenvalue weighted by Gasteiger charge is -2.10. The second-order valence-corrected chi connectivity index (χ2v) is 7.01. The van der Waals surface area contributed by atoms with Gasteiger partial charge in [-0.3, -0.25) is 4.98 Å². The molecular weight excluding hydrogens is 356 g/mol. The van der Waals surface area contributed by atoms with Crippen LogP contribution in [0.25, 0.3) is 10.9 Å². The molecule has 0 saturated heterocycles. The van der Waals surface area contributed by atoms with Gasteiger partial charge >= 0.3 is 0 Å². The van der Waals surface area contributed by atoms with E-state index in [4.69, 9.17) is 4.74 Å². The SMILES string of the molecule is Cc1ccc(S(=O)(=O)NCCOCCBr)c2cccnc12. The molecule has 1 aromatic carbocycles. The van der Waals surface area contributed by atoms with E-state index in [9.17, 15) is 8.42 Å². The Labute approximate surface area is 132 Å². The number of hydrogen-bond donors (Lipinski definition) is 1. The fourth-order valence-electron chi connectivity index (χ4n) is 2.00. The van der Waals surface area contributed by atoms with Crippen molar-refractivity contribution in [1.29, 1.82) is 0 Å². The van der Waals surface area contributed by atoms with E-state index in [1.54, 1.807) is 30.5 Å². The summed E-state index contributed by atoms with van der Waals surface area (Å²) in [5.41, 5.74) is 1.65. The number of sulfonamides is 1. The van der Waals surface area contributed by atoms with Crippen LogP contribution in [0.4, 0.5) is 0 Å². The predicted molar refractivity (Wildman–Crippen MR) is 86.3 cm³/mol. The van der Waals surface area contributed by atoms with E-state index >= 15 is 0 Å². The Morgan fingerprint density at radius 1 is 1.29 bits per heavy atom. The molecule has 0 spiro atoms. The number of benzene rings is 1. The molecule has 2 aromatic rings. The summed E-state index contributed by atoms with van der Waals surface area (Å²) in [7, 11) is -3.57. The number of fused-ring (bicyclic) bond motifs is 1.